The molecule has 0 aliphatic heterocycles. The lowest BCUT2D eigenvalue weighted by Crippen LogP contribution is -2.39. The zero-order chi connectivity index (χ0) is 17.2. The van der Waals surface area contributed by atoms with Gasteiger partial charge in [-0.25, -0.2) is 0 Å². The van der Waals surface area contributed by atoms with E-state index in [2.05, 4.69) is 50.2 Å². The molecule has 0 radical (unpaired) electrons. The zero-order valence-electron chi connectivity index (χ0n) is 14.9. The summed E-state index contributed by atoms with van der Waals surface area (Å²) >= 11 is 0. The molecule has 2 unspecified atom stereocenters. The van der Waals surface area contributed by atoms with E-state index in [1.165, 1.54) is 12.8 Å². The first kappa shape index (κ1) is 17.5. The highest BCUT2D eigenvalue weighted by atomic mass is 31.2. The van der Waals surface area contributed by atoms with Crippen LogP contribution in [0, 0.1) is 5.92 Å². The smallest absolute Gasteiger partial charge is 0.146 e. The molecule has 2 nitrogen and oxygen atoms in total. The van der Waals surface area contributed by atoms with Crippen LogP contribution in [0.4, 0.5) is 0 Å². The van der Waals surface area contributed by atoms with Gasteiger partial charge in [-0.05, 0) is 39.8 Å². The molecular formula is C21H28NOP. The predicted molar refractivity (Wildman–Crippen MR) is 104 cm³/mol. The Kier molecular flexibility index (Phi) is 5.27. The minimum absolute atomic E-state index is 0.236. The van der Waals surface area contributed by atoms with Crippen LogP contribution >= 0.6 is 7.14 Å². The predicted octanol–water partition coefficient (Wildman–Crippen LogP) is 4.12. The van der Waals surface area contributed by atoms with Gasteiger partial charge in [-0.15, -0.1) is 0 Å². The van der Waals surface area contributed by atoms with E-state index in [0.717, 1.165) is 17.0 Å². The maximum absolute atomic E-state index is 14.5. The van der Waals surface area contributed by atoms with Crippen LogP contribution in [-0.2, 0) is 4.57 Å². The lowest BCUT2D eigenvalue weighted by atomic mass is 9.98. The Morgan fingerprint density at radius 2 is 1.42 bits per heavy atom. The Morgan fingerprint density at radius 1 is 0.917 bits per heavy atom. The topological polar surface area (TPSA) is 20.3 Å². The molecule has 1 fully saturated rings. The lowest BCUT2D eigenvalue weighted by Gasteiger charge is -2.35. The van der Waals surface area contributed by atoms with E-state index in [4.69, 9.17) is 0 Å². The molecule has 2 aromatic rings. The molecule has 3 atom stereocenters. The van der Waals surface area contributed by atoms with Crippen molar-refractivity contribution in [1.82, 2.24) is 4.90 Å². The molecule has 3 heteroatoms. The highest BCUT2D eigenvalue weighted by Crippen LogP contribution is 2.57. The Labute approximate surface area is 146 Å². The van der Waals surface area contributed by atoms with Crippen molar-refractivity contribution in [1.29, 1.82) is 0 Å². The second-order valence-corrected chi connectivity index (χ2v) is 10.2. The molecule has 0 N–H and O–H groups in total. The lowest BCUT2D eigenvalue weighted by molar-refractivity contribution is 0.231. The van der Waals surface area contributed by atoms with Gasteiger partial charge in [-0.3, -0.25) is 0 Å². The average Bonchev–Trinajstić information content (AvgIpc) is 3.12. The van der Waals surface area contributed by atoms with Crippen molar-refractivity contribution in [2.75, 3.05) is 14.1 Å². The van der Waals surface area contributed by atoms with Crippen LogP contribution in [0.5, 0.6) is 0 Å². The number of nitrogens with zero attached hydrogens (tertiary/aromatic N) is 1. The summed E-state index contributed by atoms with van der Waals surface area (Å²) in [6, 6.07) is 20.8. The van der Waals surface area contributed by atoms with Crippen molar-refractivity contribution in [2.24, 2.45) is 5.92 Å². The summed E-state index contributed by atoms with van der Waals surface area (Å²) in [5.41, 5.74) is 0.236. The largest absolute Gasteiger partial charge is 0.313 e. The second kappa shape index (κ2) is 7.25. The first-order chi connectivity index (χ1) is 11.5. The fourth-order valence-electron chi connectivity index (χ4n) is 4.20. The summed E-state index contributed by atoms with van der Waals surface area (Å²) in [4.78, 5) is 2.28. The maximum Gasteiger partial charge on any atom is 0.146 e. The van der Waals surface area contributed by atoms with E-state index >= 15 is 0 Å². The van der Waals surface area contributed by atoms with Crippen molar-refractivity contribution < 1.29 is 4.57 Å². The highest BCUT2D eigenvalue weighted by Gasteiger charge is 2.45. The first-order valence-electron chi connectivity index (χ1n) is 8.92. The molecule has 1 aliphatic carbocycles. The Hall–Kier alpha value is -1.37. The van der Waals surface area contributed by atoms with Gasteiger partial charge in [0.2, 0.25) is 0 Å². The number of hydrogen-bond donors (Lipinski definition) is 0. The molecule has 0 aromatic heterocycles. The van der Waals surface area contributed by atoms with E-state index in [-0.39, 0.29) is 5.66 Å². The SMILES string of the molecule is C[C@@H](C1CCCC1P(=O)(c1ccccc1)c1ccccc1)N(C)C. The molecule has 128 valence electrons. The molecule has 1 aliphatic rings. The van der Waals surface area contributed by atoms with E-state index in [0.29, 0.717) is 12.0 Å². The fourth-order valence-corrected chi connectivity index (χ4v) is 7.97. The Bertz CT molecular complexity index is 655. The third kappa shape index (κ3) is 3.10. The van der Waals surface area contributed by atoms with Gasteiger partial charge in [0, 0.05) is 22.3 Å². The van der Waals surface area contributed by atoms with Crippen molar-refractivity contribution in [3.63, 3.8) is 0 Å². The van der Waals surface area contributed by atoms with Crippen LogP contribution in [0.1, 0.15) is 26.2 Å². The van der Waals surface area contributed by atoms with Crippen molar-refractivity contribution in [3.8, 4) is 0 Å². The van der Waals surface area contributed by atoms with Crippen LogP contribution in [0.15, 0.2) is 60.7 Å². The third-order valence-corrected chi connectivity index (χ3v) is 9.42. The molecule has 0 spiro atoms. The van der Waals surface area contributed by atoms with Gasteiger partial charge < -0.3 is 9.46 Å². The molecule has 0 amide bonds. The number of rotatable bonds is 5. The Morgan fingerprint density at radius 3 is 1.88 bits per heavy atom. The van der Waals surface area contributed by atoms with Crippen LogP contribution in [0.2, 0.25) is 0 Å². The van der Waals surface area contributed by atoms with E-state index in [9.17, 15) is 4.57 Å². The van der Waals surface area contributed by atoms with Crippen molar-refractivity contribution in [3.05, 3.63) is 60.7 Å². The number of hydrogen-bond acceptors (Lipinski definition) is 2. The van der Waals surface area contributed by atoms with Gasteiger partial charge in [0.05, 0.1) is 0 Å². The summed E-state index contributed by atoms with van der Waals surface area (Å²) in [7, 11) is 1.62. The van der Waals surface area contributed by atoms with Gasteiger partial charge >= 0.3 is 0 Å². The Balaban J connectivity index is 2.11. The number of benzene rings is 2. The summed E-state index contributed by atoms with van der Waals surface area (Å²) in [6.45, 7) is 2.28. The second-order valence-electron chi connectivity index (χ2n) is 7.20. The van der Waals surface area contributed by atoms with Gasteiger partial charge in [0.15, 0.2) is 0 Å². The molecular weight excluding hydrogens is 313 g/mol. The molecule has 24 heavy (non-hydrogen) atoms. The molecule has 0 heterocycles. The minimum Gasteiger partial charge on any atom is -0.313 e. The van der Waals surface area contributed by atoms with E-state index in [1.54, 1.807) is 0 Å². The van der Waals surface area contributed by atoms with Crippen LogP contribution in [0.25, 0.3) is 0 Å². The standard InChI is InChI=1S/C21H28NOP/c1-17(22(2)3)20-15-10-16-21(20)24(23,18-11-6-4-7-12-18)19-13-8-5-9-14-19/h4-9,11-14,17,20-21H,10,15-16H2,1-3H3/t17-,20?,21?/m0/s1. The molecule has 3 rings (SSSR count). The van der Waals surface area contributed by atoms with Crippen molar-refractivity contribution >= 4 is 17.8 Å². The maximum atomic E-state index is 14.5. The van der Waals surface area contributed by atoms with Crippen molar-refractivity contribution in [2.45, 2.75) is 37.9 Å². The van der Waals surface area contributed by atoms with Gasteiger partial charge in [-0.1, -0.05) is 67.1 Å². The normalized spacial score (nSPS) is 22.7. The minimum atomic E-state index is -2.65. The van der Waals surface area contributed by atoms with Crippen LogP contribution < -0.4 is 10.6 Å². The molecule has 1 saturated carbocycles. The van der Waals surface area contributed by atoms with Gasteiger partial charge in [-0.2, -0.15) is 0 Å². The summed E-state index contributed by atoms with van der Waals surface area (Å²) < 4.78 is 14.5. The van der Waals surface area contributed by atoms with Crippen LogP contribution in [-0.4, -0.2) is 30.7 Å². The third-order valence-electron chi connectivity index (χ3n) is 5.71. The van der Waals surface area contributed by atoms with Gasteiger partial charge in [0.1, 0.15) is 7.14 Å². The monoisotopic (exact) mass is 341 g/mol. The molecule has 0 bridgehead atoms. The molecule has 2 aromatic carbocycles. The summed E-state index contributed by atoms with van der Waals surface area (Å²) in [5.74, 6) is 0.478. The van der Waals surface area contributed by atoms with E-state index < -0.39 is 7.14 Å². The summed E-state index contributed by atoms with van der Waals surface area (Å²) in [6.07, 6.45) is 3.41. The van der Waals surface area contributed by atoms with E-state index in [1.807, 2.05) is 36.4 Å². The van der Waals surface area contributed by atoms with Gasteiger partial charge in [0.25, 0.3) is 0 Å². The van der Waals surface area contributed by atoms with Crippen LogP contribution in [0.3, 0.4) is 0 Å². The molecule has 0 saturated heterocycles. The zero-order valence-corrected chi connectivity index (χ0v) is 15.8. The first-order valence-corrected chi connectivity index (χ1v) is 10.7. The average molecular weight is 341 g/mol. The fraction of sp³-hybridized carbons (Fsp3) is 0.429. The highest BCUT2D eigenvalue weighted by molar-refractivity contribution is 7.79. The quantitative estimate of drug-likeness (QED) is 0.763. The summed E-state index contributed by atoms with van der Waals surface area (Å²) in [5, 5.41) is 2.03.